The Kier molecular flexibility index (Phi) is 5.43. The zero-order chi connectivity index (χ0) is 21.3. The van der Waals surface area contributed by atoms with Gasteiger partial charge < -0.3 is 14.8 Å². The van der Waals surface area contributed by atoms with Crippen molar-refractivity contribution in [1.29, 1.82) is 0 Å². The van der Waals surface area contributed by atoms with Crippen LogP contribution in [0.3, 0.4) is 0 Å². The smallest absolute Gasteiger partial charge is 0.290 e. The van der Waals surface area contributed by atoms with Gasteiger partial charge in [0.05, 0.1) is 25.6 Å². The predicted molar refractivity (Wildman–Crippen MR) is 112 cm³/mol. The topological polar surface area (TPSA) is 96.1 Å². The largest absolute Gasteiger partial charge is 0.495 e. The second kappa shape index (κ2) is 8.17. The highest BCUT2D eigenvalue weighted by molar-refractivity contribution is 5.44. The van der Waals surface area contributed by atoms with Crippen molar-refractivity contribution in [3.05, 3.63) is 57.9 Å². The van der Waals surface area contributed by atoms with Gasteiger partial charge in [-0.1, -0.05) is 0 Å². The summed E-state index contributed by atoms with van der Waals surface area (Å²) in [6.45, 7) is 2.98. The molecule has 0 spiro atoms. The first kappa shape index (κ1) is 19.9. The first-order valence-corrected chi connectivity index (χ1v) is 9.88. The number of ether oxygens (including phenoxy) is 2. The Bertz CT molecular complexity index is 1090. The van der Waals surface area contributed by atoms with Crippen molar-refractivity contribution in [2.75, 3.05) is 19.0 Å². The van der Waals surface area contributed by atoms with Gasteiger partial charge in [-0.2, -0.15) is 5.10 Å². The fraction of sp³-hybridized carbons (Fsp3) is 0.429. The number of nitrogens with one attached hydrogen (secondary N) is 1. The molecule has 0 aromatic carbocycles. The van der Waals surface area contributed by atoms with E-state index in [4.69, 9.17) is 9.47 Å². The fourth-order valence-corrected chi connectivity index (χ4v) is 3.51. The molecule has 0 radical (unpaired) electrons. The summed E-state index contributed by atoms with van der Waals surface area (Å²) in [5.41, 5.74) is 3.27. The van der Waals surface area contributed by atoms with Crippen molar-refractivity contribution in [2.24, 2.45) is 20.0 Å². The Balaban J connectivity index is 1.37. The number of pyridine rings is 1. The number of anilines is 1. The Morgan fingerprint density at radius 1 is 1.27 bits per heavy atom. The molecule has 0 saturated heterocycles. The van der Waals surface area contributed by atoms with E-state index in [0.29, 0.717) is 36.6 Å². The molecule has 30 heavy (non-hydrogen) atoms. The lowest BCUT2D eigenvalue weighted by Gasteiger charge is -2.10. The zero-order valence-corrected chi connectivity index (χ0v) is 17.6. The van der Waals surface area contributed by atoms with Crippen molar-refractivity contribution in [2.45, 2.75) is 25.8 Å². The van der Waals surface area contributed by atoms with Crippen LogP contribution in [0.25, 0.3) is 0 Å². The molecule has 0 bridgehead atoms. The van der Waals surface area contributed by atoms with Crippen LogP contribution in [0.5, 0.6) is 11.6 Å². The van der Waals surface area contributed by atoms with Gasteiger partial charge in [0.1, 0.15) is 11.4 Å². The summed E-state index contributed by atoms with van der Waals surface area (Å²) in [6, 6.07) is 5.59. The molecule has 2 atom stereocenters. The molecule has 1 aliphatic carbocycles. The van der Waals surface area contributed by atoms with Gasteiger partial charge >= 0.3 is 0 Å². The molecule has 1 N–H and O–H groups in total. The molecule has 1 aliphatic rings. The van der Waals surface area contributed by atoms with Crippen LogP contribution in [-0.2, 0) is 20.6 Å². The van der Waals surface area contributed by atoms with E-state index in [1.54, 1.807) is 31.1 Å². The maximum absolute atomic E-state index is 12.4. The van der Waals surface area contributed by atoms with Crippen LogP contribution in [0.4, 0.5) is 5.69 Å². The van der Waals surface area contributed by atoms with Gasteiger partial charge in [-0.3, -0.25) is 14.5 Å². The lowest BCUT2D eigenvalue weighted by Crippen LogP contribution is -2.24. The van der Waals surface area contributed by atoms with Gasteiger partial charge in [-0.15, -0.1) is 5.10 Å². The standard InChI is InChI=1S/C21H26N6O3/c1-13-15(11-26(2)24-13)9-22-19-8-20(25-27(3)21(19)28)30-12-14-7-17(14)18-6-5-16(29-4)10-23-18/h5-6,8,10-11,14,17,22H,7,9,12H2,1-4H3/t14-,17+/m1/s1. The highest BCUT2D eigenvalue weighted by atomic mass is 16.5. The summed E-state index contributed by atoms with van der Waals surface area (Å²) < 4.78 is 14.1. The Morgan fingerprint density at radius 2 is 2.10 bits per heavy atom. The average molecular weight is 410 g/mol. The number of nitrogens with zero attached hydrogens (tertiary/aromatic N) is 5. The van der Waals surface area contributed by atoms with E-state index in [-0.39, 0.29) is 5.56 Å². The Hall–Kier alpha value is -3.36. The second-order valence-corrected chi connectivity index (χ2v) is 7.63. The van der Waals surface area contributed by atoms with Crippen molar-refractivity contribution < 1.29 is 9.47 Å². The third-order valence-corrected chi connectivity index (χ3v) is 5.37. The van der Waals surface area contributed by atoms with E-state index in [9.17, 15) is 4.79 Å². The highest BCUT2D eigenvalue weighted by Gasteiger charge is 2.40. The van der Waals surface area contributed by atoms with Gasteiger partial charge in [-0.05, 0) is 25.5 Å². The van der Waals surface area contributed by atoms with Crippen LogP contribution in [-0.4, -0.2) is 38.3 Å². The molecule has 4 rings (SSSR count). The molecule has 9 heteroatoms. The van der Waals surface area contributed by atoms with E-state index in [1.807, 2.05) is 32.3 Å². The number of hydrogen-bond acceptors (Lipinski definition) is 7. The molecule has 3 aromatic rings. The third-order valence-electron chi connectivity index (χ3n) is 5.37. The molecule has 158 valence electrons. The van der Waals surface area contributed by atoms with Crippen molar-refractivity contribution >= 4 is 5.69 Å². The molecule has 0 amide bonds. The first-order chi connectivity index (χ1) is 14.4. The monoisotopic (exact) mass is 410 g/mol. The summed E-state index contributed by atoms with van der Waals surface area (Å²) in [5.74, 6) is 1.95. The lowest BCUT2D eigenvalue weighted by atomic mass is 10.2. The average Bonchev–Trinajstić information content (AvgIpc) is 3.44. The molecule has 0 unspecified atom stereocenters. The van der Waals surface area contributed by atoms with Crippen LogP contribution in [0, 0.1) is 12.8 Å². The van der Waals surface area contributed by atoms with Gasteiger partial charge in [0.2, 0.25) is 5.88 Å². The van der Waals surface area contributed by atoms with Gasteiger partial charge in [0, 0.05) is 56.0 Å². The minimum Gasteiger partial charge on any atom is -0.495 e. The zero-order valence-electron chi connectivity index (χ0n) is 17.6. The van der Waals surface area contributed by atoms with Gasteiger partial charge in [-0.25, -0.2) is 4.68 Å². The summed E-state index contributed by atoms with van der Waals surface area (Å²) in [6.07, 6.45) is 4.70. The van der Waals surface area contributed by atoms with E-state index in [2.05, 4.69) is 20.5 Å². The van der Waals surface area contributed by atoms with Crippen LogP contribution >= 0.6 is 0 Å². The van der Waals surface area contributed by atoms with Gasteiger partial charge in [0.25, 0.3) is 5.56 Å². The minimum atomic E-state index is -0.198. The molecule has 1 fully saturated rings. The fourth-order valence-electron chi connectivity index (χ4n) is 3.51. The van der Waals surface area contributed by atoms with Crippen LogP contribution in [0.15, 0.2) is 35.4 Å². The quantitative estimate of drug-likeness (QED) is 0.607. The Morgan fingerprint density at radius 3 is 2.77 bits per heavy atom. The number of aromatic nitrogens is 5. The summed E-state index contributed by atoms with van der Waals surface area (Å²) in [5, 5.41) is 11.7. The minimum absolute atomic E-state index is 0.198. The molecule has 3 heterocycles. The molecule has 9 nitrogen and oxygen atoms in total. The SMILES string of the molecule is COc1ccc([C@H]2C[C@@H]2COc2cc(NCc3cn(C)nc3C)c(=O)n(C)n2)nc1. The Labute approximate surface area is 174 Å². The maximum Gasteiger partial charge on any atom is 0.290 e. The van der Waals surface area contributed by atoms with Crippen LogP contribution in [0.2, 0.25) is 0 Å². The predicted octanol–water partition coefficient (Wildman–Crippen LogP) is 2.02. The highest BCUT2D eigenvalue weighted by Crippen LogP contribution is 2.46. The molecular weight excluding hydrogens is 384 g/mol. The van der Waals surface area contributed by atoms with Gasteiger partial charge in [0.15, 0.2) is 0 Å². The van der Waals surface area contributed by atoms with E-state index < -0.39 is 0 Å². The molecule has 0 aliphatic heterocycles. The van der Waals surface area contributed by atoms with Crippen LogP contribution in [0.1, 0.15) is 29.3 Å². The number of aryl methyl sites for hydroxylation is 3. The maximum atomic E-state index is 12.4. The van der Waals surface area contributed by atoms with E-state index in [1.165, 1.54) is 4.68 Å². The second-order valence-electron chi connectivity index (χ2n) is 7.63. The summed E-state index contributed by atoms with van der Waals surface area (Å²) >= 11 is 0. The van der Waals surface area contributed by atoms with Crippen molar-refractivity contribution in [3.8, 4) is 11.6 Å². The van der Waals surface area contributed by atoms with Crippen molar-refractivity contribution in [1.82, 2.24) is 24.5 Å². The number of methoxy groups -OCH3 is 1. The number of rotatable bonds is 8. The van der Waals surface area contributed by atoms with Crippen LogP contribution < -0.4 is 20.3 Å². The molecular formula is C21H26N6O3. The first-order valence-electron chi connectivity index (χ1n) is 9.88. The normalized spacial score (nSPS) is 17.6. The third kappa shape index (κ3) is 4.29. The summed E-state index contributed by atoms with van der Waals surface area (Å²) in [4.78, 5) is 16.9. The van der Waals surface area contributed by atoms with E-state index >= 15 is 0 Å². The summed E-state index contributed by atoms with van der Waals surface area (Å²) in [7, 11) is 5.13. The van der Waals surface area contributed by atoms with Crippen molar-refractivity contribution in [3.63, 3.8) is 0 Å². The molecule has 1 saturated carbocycles. The molecule has 3 aromatic heterocycles. The lowest BCUT2D eigenvalue weighted by molar-refractivity contribution is 0.278. The van der Waals surface area contributed by atoms with E-state index in [0.717, 1.165) is 29.1 Å². The number of hydrogen-bond donors (Lipinski definition) is 1.